The molecule has 0 amide bonds. The van der Waals surface area contributed by atoms with Gasteiger partial charge in [0.1, 0.15) is 5.60 Å². The second-order valence-electron chi connectivity index (χ2n) is 7.76. The number of likely N-dealkylation sites (N-methyl/N-ethyl adjacent to an activating group) is 1. The molecule has 3 heteroatoms. The van der Waals surface area contributed by atoms with Crippen molar-refractivity contribution in [3.63, 3.8) is 0 Å². The van der Waals surface area contributed by atoms with Crippen molar-refractivity contribution in [3.05, 3.63) is 107 Å². The summed E-state index contributed by atoms with van der Waals surface area (Å²) < 4.78 is 1.00. The standard InChI is InChI=1S/C25H28BrNO/c1-4-18-27(3)19-25(24(2,28)22-10-12-23(26)13-11-22)16-14-21(15-17-25)20-8-6-5-7-9-20/h4-17,21,28H,1,18-19H2,2-3H3. The molecule has 2 aromatic carbocycles. The van der Waals surface area contributed by atoms with E-state index >= 15 is 0 Å². The number of rotatable bonds is 7. The van der Waals surface area contributed by atoms with E-state index in [0.29, 0.717) is 6.54 Å². The molecule has 0 heterocycles. The Kier molecular flexibility index (Phi) is 6.39. The molecule has 0 bridgehead atoms. The third-order valence-electron chi connectivity index (χ3n) is 5.67. The summed E-state index contributed by atoms with van der Waals surface area (Å²) in [5.41, 5.74) is 0.559. The van der Waals surface area contributed by atoms with Gasteiger partial charge in [-0.25, -0.2) is 0 Å². The highest BCUT2D eigenvalue weighted by molar-refractivity contribution is 9.10. The minimum absolute atomic E-state index is 0.222. The fourth-order valence-corrected chi connectivity index (χ4v) is 4.19. The molecule has 2 nitrogen and oxygen atoms in total. The molecular weight excluding hydrogens is 410 g/mol. The molecule has 0 aromatic heterocycles. The molecule has 1 N–H and O–H groups in total. The van der Waals surface area contributed by atoms with Crippen LogP contribution in [0.3, 0.4) is 0 Å². The largest absolute Gasteiger partial charge is 0.384 e. The maximum atomic E-state index is 11.8. The van der Waals surface area contributed by atoms with Gasteiger partial charge >= 0.3 is 0 Å². The Morgan fingerprint density at radius 3 is 2.29 bits per heavy atom. The van der Waals surface area contributed by atoms with E-state index in [0.717, 1.165) is 16.6 Å². The normalized spacial score (nSPS) is 23.5. The SMILES string of the molecule is C=CCN(C)CC1(C(C)(O)c2ccc(Br)cc2)C=CC(c2ccccc2)C=C1. The first-order chi connectivity index (χ1) is 13.4. The molecule has 0 saturated heterocycles. The van der Waals surface area contributed by atoms with Crippen molar-refractivity contribution in [2.45, 2.75) is 18.4 Å². The van der Waals surface area contributed by atoms with Crippen molar-refractivity contribution in [2.24, 2.45) is 5.41 Å². The van der Waals surface area contributed by atoms with E-state index in [1.54, 1.807) is 0 Å². The van der Waals surface area contributed by atoms with Gasteiger partial charge in [-0.05, 0) is 37.2 Å². The molecule has 0 aliphatic heterocycles. The van der Waals surface area contributed by atoms with E-state index in [-0.39, 0.29) is 5.92 Å². The van der Waals surface area contributed by atoms with Gasteiger partial charge in [0.2, 0.25) is 0 Å². The first-order valence-electron chi connectivity index (χ1n) is 9.59. The van der Waals surface area contributed by atoms with Crippen molar-refractivity contribution in [3.8, 4) is 0 Å². The lowest BCUT2D eigenvalue weighted by molar-refractivity contribution is -0.0371. The Hall–Kier alpha value is -1.94. The summed E-state index contributed by atoms with van der Waals surface area (Å²) in [4.78, 5) is 2.19. The van der Waals surface area contributed by atoms with Gasteiger partial charge in [-0.2, -0.15) is 0 Å². The topological polar surface area (TPSA) is 23.5 Å². The van der Waals surface area contributed by atoms with Crippen LogP contribution in [-0.4, -0.2) is 30.1 Å². The van der Waals surface area contributed by atoms with E-state index in [2.05, 4.69) is 83.0 Å². The van der Waals surface area contributed by atoms with Crippen LogP contribution in [0.2, 0.25) is 0 Å². The summed E-state index contributed by atoms with van der Waals surface area (Å²) in [6, 6.07) is 18.4. The van der Waals surface area contributed by atoms with Crippen LogP contribution in [0.15, 0.2) is 96.0 Å². The second-order valence-corrected chi connectivity index (χ2v) is 8.68. The fraction of sp³-hybridized carbons (Fsp3) is 0.280. The number of halogens is 1. The van der Waals surface area contributed by atoms with Gasteiger partial charge in [-0.1, -0.05) is 88.8 Å². The average Bonchev–Trinajstić information content (AvgIpc) is 2.69. The zero-order valence-electron chi connectivity index (χ0n) is 16.6. The van der Waals surface area contributed by atoms with Crippen LogP contribution in [-0.2, 0) is 5.60 Å². The first-order valence-corrected chi connectivity index (χ1v) is 10.4. The Balaban J connectivity index is 1.99. The molecular formula is C25H28BrNO. The highest BCUT2D eigenvalue weighted by Crippen LogP contribution is 2.46. The number of hydrogen-bond donors (Lipinski definition) is 1. The van der Waals surface area contributed by atoms with Crippen LogP contribution in [0.25, 0.3) is 0 Å². The molecule has 3 rings (SSSR count). The van der Waals surface area contributed by atoms with E-state index < -0.39 is 11.0 Å². The molecule has 146 valence electrons. The Morgan fingerprint density at radius 2 is 1.71 bits per heavy atom. The summed E-state index contributed by atoms with van der Waals surface area (Å²) >= 11 is 3.49. The van der Waals surface area contributed by atoms with Crippen LogP contribution in [0, 0.1) is 5.41 Å². The quantitative estimate of drug-likeness (QED) is 0.563. The third kappa shape index (κ3) is 4.22. The maximum absolute atomic E-state index is 11.8. The van der Waals surface area contributed by atoms with Crippen LogP contribution in [0.5, 0.6) is 0 Å². The highest BCUT2D eigenvalue weighted by atomic mass is 79.9. The van der Waals surface area contributed by atoms with Gasteiger partial charge in [0.05, 0.1) is 5.41 Å². The van der Waals surface area contributed by atoms with Gasteiger partial charge in [-0.3, -0.25) is 0 Å². The summed E-state index contributed by atoms with van der Waals surface area (Å²) in [5, 5.41) is 11.8. The number of benzene rings is 2. The van der Waals surface area contributed by atoms with Gasteiger partial charge in [0, 0.05) is 23.5 Å². The Bertz CT molecular complexity index is 838. The summed E-state index contributed by atoms with van der Waals surface area (Å²) in [5.74, 6) is 0.222. The van der Waals surface area contributed by atoms with Gasteiger partial charge in [0.15, 0.2) is 0 Å². The number of allylic oxidation sites excluding steroid dienone is 2. The lowest BCUT2D eigenvalue weighted by Gasteiger charge is -2.45. The maximum Gasteiger partial charge on any atom is 0.101 e. The molecule has 1 atom stereocenters. The minimum atomic E-state index is -1.06. The first kappa shape index (κ1) is 20.8. The molecule has 1 aliphatic carbocycles. The lowest BCUT2D eigenvalue weighted by atomic mass is 9.66. The minimum Gasteiger partial charge on any atom is -0.384 e. The highest BCUT2D eigenvalue weighted by Gasteiger charge is 2.46. The van der Waals surface area contributed by atoms with E-state index in [1.807, 2.05) is 43.3 Å². The number of nitrogens with zero attached hydrogens (tertiary/aromatic N) is 1. The molecule has 28 heavy (non-hydrogen) atoms. The lowest BCUT2D eigenvalue weighted by Crippen LogP contribution is -2.48. The number of aliphatic hydroxyl groups is 1. The smallest absolute Gasteiger partial charge is 0.101 e. The van der Waals surface area contributed by atoms with Crippen molar-refractivity contribution < 1.29 is 5.11 Å². The van der Waals surface area contributed by atoms with E-state index in [4.69, 9.17) is 0 Å². The van der Waals surface area contributed by atoms with Crippen molar-refractivity contribution >= 4 is 15.9 Å². The van der Waals surface area contributed by atoms with Crippen molar-refractivity contribution in [2.75, 3.05) is 20.1 Å². The second kappa shape index (κ2) is 8.60. The molecule has 1 aliphatic rings. The predicted octanol–water partition coefficient (Wildman–Crippen LogP) is 5.67. The van der Waals surface area contributed by atoms with Crippen LogP contribution < -0.4 is 0 Å². The van der Waals surface area contributed by atoms with Gasteiger partial charge in [-0.15, -0.1) is 6.58 Å². The van der Waals surface area contributed by atoms with E-state index in [9.17, 15) is 5.11 Å². The number of hydrogen-bond acceptors (Lipinski definition) is 2. The monoisotopic (exact) mass is 437 g/mol. The van der Waals surface area contributed by atoms with Gasteiger partial charge in [0.25, 0.3) is 0 Å². The average molecular weight is 438 g/mol. The Morgan fingerprint density at radius 1 is 1.11 bits per heavy atom. The Labute approximate surface area is 177 Å². The summed E-state index contributed by atoms with van der Waals surface area (Å²) in [6.07, 6.45) is 10.7. The molecule has 0 spiro atoms. The van der Waals surface area contributed by atoms with E-state index in [1.165, 1.54) is 5.56 Å². The van der Waals surface area contributed by atoms with Gasteiger partial charge < -0.3 is 10.0 Å². The van der Waals surface area contributed by atoms with Crippen LogP contribution >= 0.6 is 15.9 Å². The van der Waals surface area contributed by atoms with Crippen molar-refractivity contribution in [1.29, 1.82) is 0 Å². The molecule has 2 aromatic rings. The zero-order valence-corrected chi connectivity index (χ0v) is 18.1. The molecule has 0 fully saturated rings. The fourth-order valence-electron chi connectivity index (χ4n) is 3.93. The van der Waals surface area contributed by atoms with Crippen LogP contribution in [0.1, 0.15) is 24.0 Å². The predicted molar refractivity (Wildman–Crippen MR) is 121 cm³/mol. The zero-order chi connectivity index (χ0) is 20.2. The summed E-state index contributed by atoms with van der Waals surface area (Å²) in [7, 11) is 2.06. The van der Waals surface area contributed by atoms with Crippen molar-refractivity contribution in [1.82, 2.24) is 4.90 Å². The third-order valence-corrected chi connectivity index (χ3v) is 6.20. The van der Waals surface area contributed by atoms with Crippen LogP contribution in [0.4, 0.5) is 0 Å². The molecule has 0 radical (unpaired) electrons. The molecule has 1 unspecified atom stereocenters. The molecule has 0 saturated carbocycles. The summed E-state index contributed by atoms with van der Waals surface area (Å²) in [6.45, 7) is 7.22.